The van der Waals surface area contributed by atoms with Crippen LogP contribution < -0.4 is 10.6 Å². The van der Waals surface area contributed by atoms with Gasteiger partial charge in [0.2, 0.25) is 0 Å². The molecule has 0 aromatic heterocycles. The molecule has 24 heavy (non-hydrogen) atoms. The van der Waals surface area contributed by atoms with Crippen molar-refractivity contribution in [2.24, 2.45) is 4.99 Å². The molecule has 5 nitrogen and oxygen atoms in total. The van der Waals surface area contributed by atoms with Crippen molar-refractivity contribution < 1.29 is 4.74 Å². The van der Waals surface area contributed by atoms with Crippen molar-refractivity contribution in [1.29, 1.82) is 0 Å². The van der Waals surface area contributed by atoms with Gasteiger partial charge in [0.25, 0.3) is 0 Å². The third-order valence-electron chi connectivity index (χ3n) is 4.16. The van der Waals surface area contributed by atoms with Crippen LogP contribution in [0, 0.1) is 0 Å². The maximum absolute atomic E-state index is 5.65. The Labute approximate surface area is 153 Å². The Hall–Kier alpha value is -0.460. The summed E-state index contributed by atoms with van der Waals surface area (Å²) >= 11 is 1.91. The fraction of sp³-hybridized carbons (Fsp3) is 0.944. The second-order valence-electron chi connectivity index (χ2n) is 6.64. The molecule has 0 radical (unpaired) electrons. The number of hydrogen-bond acceptors (Lipinski definition) is 4. The van der Waals surface area contributed by atoms with Gasteiger partial charge in [0.05, 0.1) is 12.7 Å². The highest BCUT2D eigenvalue weighted by atomic mass is 32.2. The molecular weight excluding hydrogens is 320 g/mol. The smallest absolute Gasteiger partial charge is 0.191 e. The van der Waals surface area contributed by atoms with Crippen LogP contribution in [0.25, 0.3) is 0 Å². The third-order valence-corrected chi connectivity index (χ3v) is 4.85. The fourth-order valence-corrected chi connectivity index (χ4v) is 3.27. The van der Waals surface area contributed by atoms with Crippen LogP contribution in [0.15, 0.2) is 4.99 Å². The summed E-state index contributed by atoms with van der Waals surface area (Å²) in [6.07, 6.45) is 7.28. The molecule has 1 rings (SSSR count). The van der Waals surface area contributed by atoms with E-state index in [1.807, 2.05) is 11.8 Å². The minimum Gasteiger partial charge on any atom is -0.377 e. The first-order valence-corrected chi connectivity index (χ1v) is 10.9. The first-order valence-electron chi connectivity index (χ1n) is 9.53. The zero-order valence-electron chi connectivity index (χ0n) is 16.1. The van der Waals surface area contributed by atoms with E-state index in [4.69, 9.17) is 9.73 Å². The highest BCUT2D eigenvalue weighted by Crippen LogP contribution is 2.10. The van der Waals surface area contributed by atoms with Crippen LogP contribution in [0.4, 0.5) is 0 Å². The molecule has 142 valence electrons. The highest BCUT2D eigenvalue weighted by molar-refractivity contribution is 7.98. The number of likely N-dealkylation sites (tertiary alicyclic amines) is 1. The monoisotopic (exact) mass is 358 g/mol. The Bertz CT molecular complexity index is 331. The Kier molecular flexibility index (Phi) is 12.4. The van der Waals surface area contributed by atoms with Gasteiger partial charge in [0.15, 0.2) is 5.96 Å². The molecule has 0 atom stereocenters. The number of thioether (sulfide) groups is 1. The zero-order chi connectivity index (χ0) is 17.6. The van der Waals surface area contributed by atoms with Gasteiger partial charge in [-0.05, 0) is 58.5 Å². The SMILES string of the molecule is CCNC(=NCCCCSC)NC1CCN(CCOC(C)C)CC1. The van der Waals surface area contributed by atoms with E-state index in [9.17, 15) is 0 Å². The molecule has 0 bridgehead atoms. The predicted octanol–water partition coefficient (Wildman–Crippen LogP) is 2.57. The molecule has 0 aromatic carbocycles. The van der Waals surface area contributed by atoms with Crippen LogP contribution in [0.3, 0.4) is 0 Å². The molecule has 0 aromatic rings. The molecule has 1 aliphatic heterocycles. The lowest BCUT2D eigenvalue weighted by molar-refractivity contribution is 0.0532. The number of nitrogens with one attached hydrogen (secondary N) is 2. The molecule has 1 aliphatic rings. The van der Waals surface area contributed by atoms with Gasteiger partial charge in [-0.25, -0.2) is 0 Å². The van der Waals surface area contributed by atoms with Crippen molar-refractivity contribution in [1.82, 2.24) is 15.5 Å². The number of piperidine rings is 1. The van der Waals surface area contributed by atoms with Crippen molar-refractivity contribution in [3.05, 3.63) is 0 Å². The zero-order valence-corrected chi connectivity index (χ0v) is 17.0. The summed E-state index contributed by atoms with van der Waals surface area (Å²) < 4.78 is 5.65. The second-order valence-corrected chi connectivity index (χ2v) is 7.63. The normalized spacial score (nSPS) is 17.5. The van der Waals surface area contributed by atoms with Gasteiger partial charge in [0.1, 0.15) is 0 Å². The average Bonchev–Trinajstić information content (AvgIpc) is 2.56. The quantitative estimate of drug-likeness (QED) is 0.338. The second kappa shape index (κ2) is 13.8. The summed E-state index contributed by atoms with van der Waals surface area (Å²) in [6, 6.07) is 0.538. The minimum absolute atomic E-state index is 0.332. The first-order chi connectivity index (χ1) is 11.7. The number of nitrogens with zero attached hydrogens (tertiary/aromatic N) is 2. The topological polar surface area (TPSA) is 48.9 Å². The molecule has 0 unspecified atom stereocenters. The summed E-state index contributed by atoms with van der Waals surface area (Å²) in [4.78, 5) is 7.23. The Morgan fingerprint density at radius 2 is 2.04 bits per heavy atom. The van der Waals surface area contributed by atoms with Crippen molar-refractivity contribution in [3.8, 4) is 0 Å². The van der Waals surface area contributed by atoms with E-state index in [0.717, 1.165) is 45.3 Å². The predicted molar refractivity (Wildman–Crippen MR) is 107 cm³/mol. The summed E-state index contributed by atoms with van der Waals surface area (Å²) in [5.74, 6) is 2.22. The van der Waals surface area contributed by atoms with Crippen LogP contribution in [0.5, 0.6) is 0 Å². The van der Waals surface area contributed by atoms with E-state index in [1.165, 1.54) is 31.4 Å². The number of rotatable bonds is 11. The van der Waals surface area contributed by atoms with Crippen LogP contribution >= 0.6 is 11.8 Å². The molecule has 1 fully saturated rings. The van der Waals surface area contributed by atoms with Crippen molar-refractivity contribution >= 4 is 17.7 Å². The van der Waals surface area contributed by atoms with Gasteiger partial charge in [-0.1, -0.05) is 0 Å². The van der Waals surface area contributed by atoms with Gasteiger partial charge < -0.3 is 20.3 Å². The maximum Gasteiger partial charge on any atom is 0.191 e. The van der Waals surface area contributed by atoms with Crippen molar-refractivity contribution in [2.45, 2.75) is 58.6 Å². The lowest BCUT2D eigenvalue weighted by Crippen LogP contribution is -2.49. The van der Waals surface area contributed by atoms with Crippen LogP contribution in [-0.2, 0) is 4.74 Å². The fourth-order valence-electron chi connectivity index (χ4n) is 2.78. The van der Waals surface area contributed by atoms with E-state index < -0.39 is 0 Å². The van der Waals surface area contributed by atoms with Crippen LogP contribution in [-0.4, -0.2) is 74.3 Å². The van der Waals surface area contributed by atoms with E-state index >= 15 is 0 Å². The Balaban J connectivity index is 2.24. The lowest BCUT2D eigenvalue weighted by atomic mass is 10.1. The average molecular weight is 359 g/mol. The van der Waals surface area contributed by atoms with Gasteiger partial charge in [-0.2, -0.15) is 11.8 Å². The largest absolute Gasteiger partial charge is 0.377 e. The van der Waals surface area contributed by atoms with Gasteiger partial charge in [0, 0.05) is 38.8 Å². The Morgan fingerprint density at radius 3 is 2.67 bits per heavy atom. The molecule has 0 amide bonds. The highest BCUT2D eigenvalue weighted by Gasteiger charge is 2.19. The van der Waals surface area contributed by atoms with Gasteiger partial charge in [-0.15, -0.1) is 0 Å². The van der Waals surface area contributed by atoms with E-state index in [1.54, 1.807) is 0 Å². The lowest BCUT2D eigenvalue weighted by Gasteiger charge is -2.33. The molecule has 0 saturated carbocycles. The number of guanidine groups is 1. The van der Waals surface area contributed by atoms with Crippen LogP contribution in [0.1, 0.15) is 46.5 Å². The summed E-state index contributed by atoms with van der Waals surface area (Å²) in [6.45, 7) is 12.3. The maximum atomic E-state index is 5.65. The molecule has 2 N–H and O–H groups in total. The molecular formula is C18H38N4OS. The number of unbranched alkanes of at least 4 members (excludes halogenated alkanes) is 1. The minimum atomic E-state index is 0.332. The first kappa shape index (κ1) is 21.6. The van der Waals surface area contributed by atoms with E-state index in [0.29, 0.717) is 12.1 Å². The molecule has 1 heterocycles. The van der Waals surface area contributed by atoms with Crippen molar-refractivity contribution in [3.63, 3.8) is 0 Å². The van der Waals surface area contributed by atoms with Crippen LogP contribution in [0.2, 0.25) is 0 Å². The van der Waals surface area contributed by atoms with Gasteiger partial charge >= 0.3 is 0 Å². The van der Waals surface area contributed by atoms with Gasteiger partial charge in [-0.3, -0.25) is 4.99 Å². The Morgan fingerprint density at radius 1 is 1.29 bits per heavy atom. The number of ether oxygens (including phenoxy) is 1. The number of aliphatic imine (C=N–C) groups is 1. The molecule has 1 saturated heterocycles. The standard InChI is InChI=1S/C18H38N4OS/c1-5-19-18(20-10-6-7-15-24-4)21-17-8-11-22(12-9-17)13-14-23-16(2)3/h16-17H,5-15H2,1-4H3,(H2,19,20,21). The molecule has 0 aliphatic carbocycles. The van der Waals surface area contributed by atoms with E-state index in [-0.39, 0.29) is 0 Å². The van der Waals surface area contributed by atoms with Crippen molar-refractivity contribution in [2.75, 3.05) is 51.3 Å². The third kappa shape index (κ3) is 10.4. The molecule has 0 spiro atoms. The number of hydrogen-bond donors (Lipinski definition) is 2. The summed E-state index contributed by atoms with van der Waals surface area (Å²) in [7, 11) is 0. The summed E-state index contributed by atoms with van der Waals surface area (Å²) in [5, 5.41) is 7.00. The summed E-state index contributed by atoms with van der Waals surface area (Å²) in [5.41, 5.74) is 0. The molecule has 6 heteroatoms. The van der Waals surface area contributed by atoms with E-state index in [2.05, 4.69) is 42.6 Å².